The van der Waals surface area contributed by atoms with E-state index in [0.29, 0.717) is 6.42 Å². The fourth-order valence-corrected chi connectivity index (χ4v) is 2.02. The third kappa shape index (κ3) is 2.09. The summed E-state index contributed by atoms with van der Waals surface area (Å²) in [6.45, 7) is 0.340. The van der Waals surface area contributed by atoms with Gasteiger partial charge in [-0.05, 0) is 6.42 Å². The van der Waals surface area contributed by atoms with Gasteiger partial charge in [-0.15, -0.1) is 0 Å². The number of aliphatic hydroxyl groups is 1. The molecule has 1 saturated heterocycles. The Labute approximate surface area is 95.5 Å². The highest BCUT2D eigenvalue weighted by Gasteiger charge is 2.29. The molecule has 6 heteroatoms. The molecule has 0 bridgehead atoms. The Hall–Kier alpha value is -1.30. The summed E-state index contributed by atoms with van der Waals surface area (Å²) in [6, 6.07) is 0.188. The van der Waals surface area contributed by atoms with Gasteiger partial charge in [0.25, 0.3) is 0 Å². The Bertz CT molecular complexity index is 412. The zero-order valence-corrected chi connectivity index (χ0v) is 8.89. The van der Waals surface area contributed by atoms with Crippen LogP contribution in [-0.2, 0) is 0 Å². The summed E-state index contributed by atoms with van der Waals surface area (Å²) in [4.78, 5) is 1.22. The number of rotatable bonds is 2. The van der Waals surface area contributed by atoms with Gasteiger partial charge >= 0.3 is 0 Å². The van der Waals surface area contributed by atoms with Gasteiger partial charge in [-0.2, -0.15) is 0 Å². The first-order valence-corrected chi connectivity index (χ1v) is 5.23. The largest absolute Gasteiger partial charge is 0.396 e. The number of anilines is 1. The number of halogens is 4. The van der Waals surface area contributed by atoms with Gasteiger partial charge in [0, 0.05) is 31.7 Å². The van der Waals surface area contributed by atoms with Crippen molar-refractivity contribution < 1.29 is 22.7 Å². The van der Waals surface area contributed by atoms with E-state index in [2.05, 4.69) is 0 Å². The van der Waals surface area contributed by atoms with Gasteiger partial charge in [0.15, 0.2) is 23.3 Å². The first-order valence-electron chi connectivity index (χ1n) is 5.23. The monoisotopic (exact) mass is 249 g/mol. The Kier molecular flexibility index (Phi) is 3.24. The van der Waals surface area contributed by atoms with Gasteiger partial charge in [0.1, 0.15) is 5.69 Å². The number of hydrogen-bond acceptors (Lipinski definition) is 2. The van der Waals surface area contributed by atoms with E-state index < -0.39 is 29.0 Å². The van der Waals surface area contributed by atoms with Crippen LogP contribution in [0.2, 0.25) is 0 Å². The topological polar surface area (TPSA) is 23.5 Å². The summed E-state index contributed by atoms with van der Waals surface area (Å²) in [5, 5.41) is 8.92. The lowest BCUT2D eigenvalue weighted by Gasteiger charge is -2.20. The first-order chi connectivity index (χ1) is 8.04. The van der Waals surface area contributed by atoms with E-state index in [9.17, 15) is 17.6 Å². The molecule has 0 saturated carbocycles. The second-order valence-electron chi connectivity index (χ2n) is 4.10. The van der Waals surface area contributed by atoms with Crippen molar-refractivity contribution in [3.63, 3.8) is 0 Å². The third-order valence-electron chi connectivity index (χ3n) is 2.95. The fraction of sp³-hybridized carbons (Fsp3) is 0.455. The van der Waals surface area contributed by atoms with Gasteiger partial charge in [0.2, 0.25) is 0 Å². The van der Waals surface area contributed by atoms with Crippen LogP contribution in [0.5, 0.6) is 0 Å². The Morgan fingerprint density at radius 3 is 2.24 bits per heavy atom. The Morgan fingerprint density at radius 1 is 1.18 bits per heavy atom. The molecule has 1 aromatic rings. The highest BCUT2D eigenvalue weighted by atomic mass is 19.2. The summed E-state index contributed by atoms with van der Waals surface area (Å²) in [5.41, 5.74) is -0.682. The molecule has 1 aromatic carbocycles. The maximum atomic E-state index is 13.4. The summed E-state index contributed by atoms with van der Waals surface area (Å²) < 4.78 is 52.9. The lowest BCUT2D eigenvalue weighted by Crippen LogP contribution is -2.24. The van der Waals surface area contributed by atoms with Crippen molar-refractivity contribution in [1.29, 1.82) is 0 Å². The molecule has 2 nitrogen and oxygen atoms in total. The molecule has 2 rings (SSSR count). The van der Waals surface area contributed by atoms with Gasteiger partial charge in [-0.3, -0.25) is 0 Å². The molecule has 1 unspecified atom stereocenters. The quantitative estimate of drug-likeness (QED) is 0.640. The van der Waals surface area contributed by atoms with Crippen molar-refractivity contribution in [1.82, 2.24) is 0 Å². The molecule has 0 aromatic heterocycles. The van der Waals surface area contributed by atoms with Gasteiger partial charge in [0.05, 0.1) is 0 Å². The van der Waals surface area contributed by atoms with E-state index in [1.165, 1.54) is 4.90 Å². The maximum Gasteiger partial charge on any atom is 0.185 e. The molecular weight excluding hydrogens is 238 g/mol. The fourth-order valence-electron chi connectivity index (χ4n) is 2.02. The lowest BCUT2D eigenvalue weighted by atomic mass is 10.1. The van der Waals surface area contributed by atoms with Crippen molar-refractivity contribution >= 4 is 5.69 Å². The lowest BCUT2D eigenvalue weighted by molar-refractivity contribution is 0.238. The molecule has 1 N–H and O–H groups in total. The molecule has 0 spiro atoms. The summed E-state index contributed by atoms with van der Waals surface area (Å²) in [7, 11) is 0. The van der Waals surface area contributed by atoms with Crippen molar-refractivity contribution in [2.24, 2.45) is 5.92 Å². The zero-order valence-electron chi connectivity index (χ0n) is 8.89. The Balaban J connectivity index is 2.38. The van der Waals surface area contributed by atoms with Crippen molar-refractivity contribution in [2.75, 3.05) is 24.6 Å². The van der Waals surface area contributed by atoms with Crippen LogP contribution in [-0.4, -0.2) is 24.8 Å². The molecule has 1 fully saturated rings. The number of benzene rings is 1. The summed E-state index contributed by atoms with van der Waals surface area (Å²) in [5.74, 6) is -5.72. The van der Waals surface area contributed by atoms with Crippen LogP contribution < -0.4 is 4.90 Å². The smallest absolute Gasteiger partial charge is 0.185 e. The molecule has 1 aliphatic heterocycles. The molecule has 0 amide bonds. The standard InChI is InChI=1S/C11H11F4NO/c12-7-3-8(13)10(15)11(9(7)14)16-2-1-6(4-16)5-17/h3,6,17H,1-2,4-5H2. The van der Waals surface area contributed by atoms with E-state index in [-0.39, 0.29) is 31.7 Å². The van der Waals surface area contributed by atoms with Crippen molar-refractivity contribution in [3.8, 4) is 0 Å². The van der Waals surface area contributed by atoms with Gasteiger partial charge < -0.3 is 10.0 Å². The van der Waals surface area contributed by atoms with E-state index in [1.807, 2.05) is 0 Å². The van der Waals surface area contributed by atoms with Crippen LogP contribution >= 0.6 is 0 Å². The van der Waals surface area contributed by atoms with Gasteiger partial charge in [-0.25, -0.2) is 17.6 Å². The SMILES string of the molecule is OCC1CCN(c2c(F)c(F)cc(F)c2F)C1. The molecular formula is C11H11F4NO. The van der Waals surface area contributed by atoms with Crippen molar-refractivity contribution in [2.45, 2.75) is 6.42 Å². The van der Waals surface area contributed by atoms with Crippen LogP contribution in [0.4, 0.5) is 23.2 Å². The normalized spacial score (nSPS) is 20.1. The minimum atomic E-state index is -1.41. The predicted molar refractivity (Wildman–Crippen MR) is 53.7 cm³/mol. The average Bonchev–Trinajstić information content (AvgIpc) is 2.75. The second kappa shape index (κ2) is 4.52. The maximum absolute atomic E-state index is 13.4. The second-order valence-corrected chi connectivity index (χ2v) is 4.10. The molecule has 1 heterocycles. The highest BCUT2D eigenvalue weighted by molar-refractivity contribution is 5.51. The van der Waals surface area contributed by atoms with E-state index in [4.69, 9.17) is 5.11 Å². The van der Waals surface area contributed by atoms with E-state index >= 15 is 0 Å². The van der Waals surface area contributed by atoms with E-state index in [1.54, 1.807) is 0 Å². The minimum absolute atomic E-state index is 0.114. The van der Waals surface area contributed by atoms with Crippen molar-refractivity contribution in [3.05, 3.63) is 29.3 Å². The summed E-state index contributed by atoms with van der Waals surface area (Å²) >= 11 is 0. The molecule has 0 radical (unpaired) electrons. The number of hydrogen-bond donors (Lipinski definition) is 1. The van der Waals surface area contributed by atoms with Crippen LogP contribution in [0.3, 0.4) is 0 Å². The molecule has 17 heavy (non-hydrogen) atoms. The van der Waals surface area contributed by atoms with Crippen LogP contribution in [0.1, 0.15) is 6.42 Å². The van der Waals surface area contributed by atoms with Crippen LogP contribution in [0.25, 0.3) is 0 Å². The average molecular weight is 249 g/mol. The predicted octanol–water partition coefficient (Wildman–Crippen LogP) is 2.06. The van der Waals surface area contributed by atoms with Crippen LogP contribution in [0.15, 0.2) is 6.07 Å². The van der Waals surface area contributed by atoms with Crippen LogP contribution in [0, 0.1) is 29.2 Å². The number of nitrogens with zero attached hydrogens (tertiary/aromatic N) is 1. The molecule has 0 aliphatic carbocycles. The number of aliphatic hydroxyl groups excluding tert-OH is 1. The van der Waals surface area contributed by atoms with Gasteiger partial charge in [-0.1, -0.05) is 0 Å². The molecule has 1 atom stereocenters. The minimum Gasteiger partial charge on any atom is -0.396 e. The molecule has 94 valence electrons. The summed E-state index contributed by atoms with van der Waals surface area (Å²) in [6.07, 6.45) is 0.535. The first kappa shape index (κ1) is 12.2. The van der Waals surface area contributed by atoms with E-state index in [0.717, 1.165) is 0 Å². The highest BCUT2D eigenvalue weighted by Crippen LogP contribution is 2.31. The zero-order chi connectivity index (χ0) is 12.6. The molecule has 1 aliphatic rings. The third-order valence-corrected chi connectivity index (χ3v) is 2.95. The Morgan fingerprint density at radius 2 is 1.76 bits per heavy atom.